The number of benzene rings is 1. The van der Waals surface area contributed by atoms with Crippen LogP contribution in [-0.2, 0) is 30.8 Å². The van der Waals surface area contributed by atoms with Gasteiger partial charge >= 0.3 is 5.97 Å². The highest BCUT2D eigenvalue weighted by Crippen LogP contribution is 2.42. The molecule has 34 heavy (non-hydrogen) atoms. The summed E-state index contributed by atoms with van der Waals surface area (Å²) in [6, 6.07) is 7.12. The Hall–Kier alpha value is -2.63. The summed E-state index contributed by atoms with van der Waals surface area (Å²) in [5.74, 6) is -1.05. The van der Waals surface area contributed by atoms with E-state index < -0.39 is 44.8 Å². The average Bonchev–Trinajstić information content (AvgIpc) is 3.10. The number of phenolic OH excluding ortho intramolecular Hbond substituents is 1. The van der Waals surface area contributed by atoms with Gasteiger partial charge < -0.3 is 15.2 Å². The predicted octanol–water partition coefficient (Wildman–Crippen LogP) is 2.31. The molecule has 2 heterocycles. The molecule has 0 bridgehead atoms. The lowest BCUT2D eigenvalue weighted by Gasteiger charge is -2.31. The molecule has 184 valence electrons. The monoisotopic (exact) mass is 507 g/mol. The standard InChI is InChI=1S/C23H29N3O6S2/c1-15(2)32-22(29)19(12-16-7-9-17(27)10-8-16)25-21(28)20-23(3,4)33-14-26(20)34(30,31)18-6-5-11-24-13-18/h5-11,13,15,19-20,27H,12,14H2,1-4H3,(H,25,28)/t19-,20-/m0/s1. The van der Waals surface area contributed by atoms with E-state index in [0.717, 1.165) is 4.31 Å². The molecular weight excluding hydrogens is 478 g/mol. The molecule has 0 spiro atoms. The van der Waals surface area contributed by atoms with Gasteiger partial charge in [0.25, 0.3) is 0 Å². The number of ether oxygens (including phenoxy) is 1. The lowest BCUT2D eigenvalue weighted by Crippen LogP contribution is -2.57. The molecule has 2 N–H and O–H groups in total. The van der Waals surface area contributed by atoms with Gasteiger partial charge in [-0.2, -0.15) is 4.31 Å². The van der Waals surface area contributed by atoms with Crippen LogP contribution in [0.4, 0.5) is 0 Å². The lowest BCUT2D eigenvalue weighted by molar-refractivity contribution is -0.151. The van der Waals surface area contributed by atoms with Crippen molar-refractivity contribution in [2.45, 2.75) is 61.9 Å². The minimum atomic E-state index is -4.00. The van der Waals surface area contributed by atoms with Crippen LogP contribution in [0.2, 0.25) is 0 Å². The molecule has 1 aliphatic rings. The summed E-state index contributed by atoms with van der Waals surface area (Å²) in [5.41, 5.74) is 0.698. The smallest absolute Gasteiger partial charge is 0.329 e. The zero-order valence-corrected chi connectivity index (χ0v) is 21.1. The van der Waals surface area contributed by atoms with E-state index in [9.17, 15) is 23.1 Å². The number of phenols is 1. The molecule has 2 atom stereocenters. The number of carbonyl (C=O) groups excluding carboxylic acids is 2. The lowest BCUT2D eigenvalue weighted by atomic mass is 10.0. The first-order valence-electron chi connectivity index (χ1n) is 10.8. The number of rotatable bonds is 8. The van der Waals surface area contributed by atoms with Gasteiger partial charge in [-0.25, -0.2) is 13.2 Å². The van der Waals surface area contributed by atoms with Crippen molar-refractivity contribution < 1.29 is 27.9 Å². The van der Waals surface area contributed by atoms with Crippen molar-refractivity contribution in [2.75, 3.05) is 5.88 Å². The van der Waals surface area contributed by atoms with E-state index in [1.807, 2.05) is 0 Å². The summed E-state index contributed by atoms with van der Waals surface area (Å²) in [6.45, 7) is 7.00. The molecule has 1 saturated heterocycles. The fourth-order valence-corrected chi connectivity index (χ4v) is 6.78. The van der Waals surface area contributed by atoms with Crippen LogP contribution in [0.25, 0.3) is 0 Å². The SMILES string of the molecule is CC(C)OC(=O)[C@H](Cc1ccc(O)cc1)NC(=O)[C@@H]1N(S(=O)(=O)c2cccnc2)CSC1(C)C. The van der Waals surface area contributed by atoms with Crippen LogP contribution in [0.5, 0.6) is 5.75 Å². The third-order valence-corrected chi connectivity index (χ3v) is 8.66. The molecule has 1 fully saturated rings. The molecule has 1 aromatic heterocycles. The van der Waals surface area contributed by atoms with E-state index in [-0.39, 0.29) is 22.9 Å². The Kier molecular flexibility index (Phi) is 7.89. The van der Waals surface area contributed by atoms with E-state index in [2.05, 4.69) is 10.3 Å². The molecule has 2 aromatic rings. The molecule has 0 unspecified atom stereocenters. The van der Waals surface area contributed by atoms with Crippen LogP contribution >= 0.6 is 11.8 Å². The maximum absolute atomic E-state index is 13.5. The van der Waals surface area contributed by atoms with Gasteiger partial charge in [-0.1, -0.05) is 12.1 Å². The zero-order valence-electron chi connectivity index (χ0n) is 19.5. The number of aromatic nitrogens is 1. The van der Waals surface area contributed by atoms with E-state index in [1.165, 1.54) is 48.4 Å². The van der Waals surface area contributed by atoms with Gasteiger partial charge in [0.1, 0.15) is 22.7 Å². The highest BCUT2D eigenvalue weighted by atomic mass is 32.2. The van der Waals surface area contributed by atoms with Gasteiger partial charge in [0, 0.05) is 23.6 Å². The fraction of sp³-hybridized carbons (Fsp3) is 0.435. The number of sulfonamides is 1. The molecule has 1 amide bonds. The summed E-state index contributed by atoms with van der Waals surface area (Å²) in [5, 5.41) is 12.3. The summed E-state index contributed by atoms with van der Waals surface area (Å²) in [4.78, 5) is 30.2. The topological polar surface area (TPSA) is 126 Å². The number of carbonyl (C=O) groups is 2. The highest BCUT2D eigenvalue weighted by molar-refractivity contribution is 8.02. The molecule has 3 rings (SSSR count). The van der Waals surface area contributed by atoms with Crippen LogP contribution in [0.15, 0.2) is 53.7 Å². The van der Waals surface area contributed by atoms with Gasteiger partial charge in [0.15, 0.2) is 0 Å². The largest absolute Gasteiger partial charge is 0.508 e. The molecule has 0 radical (unpaired) electrons. The van der Waals surface area contributed by atoms with Gasteiger partial charge in [0.05, 0.1) is 12.0 Å². The van der Waals surface area contributed by atoms with Crippen molar-refractivity contribution in [3.8, 4) is 5.75 Å². The molecule has 0 aliphatic carbocycles. The van der Waals surface area contributed by atoms with Crippen LogP contribution in [-0.4, -0.2) is 63.5 Å². The van der Waals surface area contributed by atoms with Crippen molar-refractivity contribution in [1.82, 2.24) is 14.6 Å². The van der Waals surface area contributed by atoms with Crippen LogP contribution in [0.1, 0.15) is 33.3 Å². The molecule has 1 aromatic carbocycles. The number of hydrogen-bond acceptors (Lipinski definition) is 8. The van der Waals surface area contributed by atoms with E-state index in [4.69, 9.17) is 4.74 Å². The van der Waals surface area contributed by atoms with Crippen molar-refractivity contribution in [2.24, 2.45) is 0 Å². The number of nitrogens with zero attached hydrogens (tertiary/aromatic N) is 2. The van der Waals surface area contributed by atoms with E-state index in [1.54, 1.807) is 39.8 Å². The second-order valence-corrected chi connectivity index (χ2v) is 12.3. The Balaban J connectivity index is 1.89. The first-order chi connectivity index (χ1) is 15.9. The van der Waals surface area contributed by atoms with Crippen molar-refractivity contribution in [3.63, 3.8) is 0 Å². The number of aromatic hydroxyl groups is 1. The summed E-state index contributed by atoms with van der Waals surface area (Å²) >= 11 is 1.34. The normalized spacial score (nSPS) is 19.0. The summed E-state index contributed by atoms with van der Waals surface area (Å²) < 4.78 is 32.3. The van der Waals surface area contributed by atoms with Crippen molar-refractivity contribution >= 4 is 33.7 Å². The number of amides is 1. The third-order valence-electron chi connectivity index (χ3n) is 5.33. The van der Waals surface area contributed by atoms with Gasteiger partial charge in [-0.15, -0.1) is 11.8 Å². The summed E-state index contributed by atoms with van der Waals surface area (Å²) in [6.07, 6.45) is 2.44. The Labute approximate surface area is 204 Å². The van der Waals surface area contributed by atoms with Crippen LogP contribution in [0.3, 0.4) is 0 Å². The Bertz CT molecular complexity index is 1120. The number of pyridine rings is 1. The molecular formula is C23H29N3O6S2. The number of hydrogen-bond donors (Lipinski definition) is 2. The van der Waals surface area contributed by atoms with Gasteiger partial charge in [-0.3, -0.25) is 9.78 Å². The minimum Gasteiger partial charge on any atom is -0.508 e. The van der Waals surface area contributed by atoms with Crippen LogP contribution in [0, 0.1) is 0 Å². The Morgan fingerprint density at radius 3 is 2.53 bits per heavy atom. The second-order valence-electron chi connectivity index (χ2n) is 8.78. The Morgan fingerprint density at radius 1 is 1.26 bits per heavy atom. The second kappa shape index (κ2) is 10.3. The van der Waals surface area contributed by atoms with E-state index in [0.29, 0.717) is 5.56 Å². The Morgan fingerprint density at radius 2 is 1.94 bits per heavy atom. The van der Waals surface area contributed by atoms with Gasteiger partial charge in [-0.05, 0) is 57.5 Å². The number of thioether (sulfide) groups is 1. The first-order valence-corrected chi connectivity index (χ1v) is 13.2. The predicted molar refractivity (Wildman–Crippen MR) is 129 cm³/mol. The fourth-order valence-electron chi connectivity index (χ4n) is 3.65. The van der Waals surface area contributed by atoms with Crippen molar-refractivity contribution in [3.05, 3.63) is 54.4 Å². The molecule has 0 saturated carbocycles. The highest BCUT2D eigenvalue weighted by Gasteiger charge is 2.51. The maximum Gasteiger partial charge on any atom is 0.329 e. The quantitative estimate of drug-likeness (QED) is 0.522. The maximum atomic E-state index is 13.5. The molecule has 1 aliphatic heterocycles. The number of esters is 1. The van der Waals surface area contributed by atoms with E-state index >= 15 is 0 Å². The van der Waals surface area contributed by atoms with Crippen LogP contribution < -0.4 is 5.32 Å². The van der Waals surface area contributed by atoms with Gasteiger partial charge in [0.2, 0.25) is 15.9 Å². The molecule has 9 nitrogen and oxygen atoms in total. The number of nitrogens with one attached hydrogen (secondary N) is 1. The molecule has 11 heteroatoms. The summed E-state index contributed by atoms with van der Waals surface area (Å²) in [7, 11) is -4.00. The minimum absolute atomic E-state index is 0.00837. The average molecular weight is 508 g/mol. The third kappa shape index (κ3) is 5.89. The first kappa shape index (κ1) is 26.0. The van der Waals surface area contributed by atoms with Crippen molar-refractivity contribution in [1.29, 1.82) is 0 Å². The zero-order chi connectivity index (χ0) is 25.1.